The van der Waals surface area contributed by atoms with E-state index in [4.69, 9.17) is 5.73 Å². The van der Waals surface area contributed by atoms with Crippen LogP contribution in [0.5, 0.6) is 0 Å². The zero-order chi connectivity index (χ0) is 15.1. The van der Waals surface area contributed by atoms with Crippen LogP contribution in [0.2, 0.25) is 0 Å². The van der Waals surface area contributed by atoms with E-state index in [1.807, 2.05) is 12.1 Å². The van der Waals surface area contributed by atoms with Crippen molar-refractivity contribution in [2.24, 2.45) is 11.7 Å². The molecule has 1 aromatic carbocycles. The average Bonchev–Trinajstić information content (AvgIpc) is 2.72. The van der Waals surface area contributed by atoms with E-state index in [-0.39, 0.29) is 5.78 Å². The Hall–Kier alpha value is -2.10. The number of primary amides is 1. The molecule has 0 radical (unpaired) electrons. The normalized spacial score (nSPS) is 14.7. The van der Waals surface area contributed by atoms with Crippen LogP contribution in [0.3, 0.4) is 0 Å². The summed E-state index contributed by atoms with van der Waals surface area (Å²) in [5, 5.41) is 1.01. The highest BCUT2D eigenvalue weighted by Crippen LogP contribution is 2.33. The minimum atomic E-state index is -0.410. The molecule has 0 bridgehead atoms. The molecule has 0 atom stereocenters. The fourth-order valence-electron chi connectivity index (χ4n) is 3.32. The van der Waals surface area contributed by atoms with Crippen molar-refractivity contribution >= 4 is 22.6 Å². The lowest BCUT2D eigenvalue weighted by molar-refractivity contribution is -0.118. The molecule has 2 aromatic rings. The van der Waals surface area contributed by atoms with Gasteiger partial charge in [-0.1, -0.05) is 26.0 Å². The van der Waals surface area contributed by atoms with E-state index in [9.17, 15) is 9.59 Å². The predicted octanol–water partition coefficient (Wildman–Crippen LogP) is 2.45. The van der Waals surface area contributed by atoms with Crippen LogP contribution < -0.4 is 5.73 Å². The smallest absolute Gasteiger partial charge is 0.250 e. The van der Waals surface area contributed by atoms with Crippen molar-refractivity contribution in [2.45, 2.75) is 39.7 Å². The second-order valence-electron chi connectivity index (χ2n) is 6.21. The summed E-state index contributed by atoms with van der Waals surface area (Å²) in [5.41, 5.74) is 9.29. The Morgan fingerprint density at radius 1 is 1.33 bits per heavy atom. The number of carbonyl (C=O) groups is 2. The molecule has 1 aliphatic rings. The van der Waals surface area contributed by atoms with Gasteiger partial charge in [0.1, 0.15) is 5.78 Å². The summed E-state index contributed by atoms with van der Waals surface area (Å²) in [5.74, 6) is 0.325. The first kappa shape index (κ1) is 13.9. The van der Waals surface area contributed by atoms with E-state index in [1.54, 1.807) is 6.07 Å². The van der Waals surface area contributed by atoms with Crippen LogP contribution in [0.25, 0.3) is 10.9 Å². The van der Waals surface area contributed by atoms with Crippen LogP contribution >= 0.6 is 0 Å². The molecular formula is C17H20N2O2. The van der Waals surface area contributed by atoms with Crippen LogP contribution in [0, 0.1) is 5.92 Å². The number of aromatic nitrogens is 1. The molecule has 1 heterocycles. The van der Waals surface area contributed by atoms with E-state index < -0.39 is 5.91 Å². The number of para-hydroxylation sites is 1. The van der Waals surface area contributed by atoms with Gasteiger partial charge in [-0.25, -0.2) is 0 Å². The number of ketones is 1. The van der Waals surface area contributed by atoms with Gasteiger partial charge in [0.2, 0.25) is 0 Å². The second-order valence-corrected chi connectivity index (χ2v) is 6.21. The van der Waals surface area contributed by atoms with Gasteiger partial charge in [-0.3, -0.25) is 9.59 Å². The van der Waals surface area contributed by atoms with Crippen molar-refractivity contribution in [1.82, 2.24) is 4.57 Å². The third kappa shape index (κ3) is 2.24. The summed E-state index contributed by atoms with van der Waals surface area (Å²) in [6, 6.07) is 5.62. The first-order valence-corrected chi connectivity index (χ1v) is 7.43. The Kier molecular flexibility index (Phi) is 3.32. The molecule has 1 aromatic heterocycles. The van der Waals surface area contributed by atoms with Crippen molar-refractivity contribution in [3.05, 3.63) is 35.0 Å². The predicted molar refractivity (Wildman–Crippen MR) is 82.3 cm³/mol. The van der Waals surface area contributed by atoms with E-state index >= 15 is 0 Å². The molecule has 0 aliphatic heterocycles. The molecule has 0 spiro atoms. The Morgan fingerprint density at radius 2 is 2.10 bits per heavy atom. The van der Waals surface area contributed by atoms with Crippen molar-refractivity contribution in [3.63, 3.8) is 0 Å². The summed E-state index contributed by atoms with van der Waals surface area (Å²) in [4.78, 5) is 23.6. The zero-order valence-corrected chi connectivity index (χ0v) is 12.5. The number of Topliss-reactive ketones (excluding diaryl/α,β-unsaturated/α-hetero) is 1. The fourth-order valence-corrected chi connectivity index (χ4v) is 3.32. The molecule has 0 fully saturated rings. The van der Waals surface area contributed by atoms with Crippen LogP contribution in [-0.2, 0) is 24.2 Å². The molecule has 4 nitrogen and oxygen atoms in total. The van der Waals surface area contributed by atoms with Gasteiger partial charge < -0.3 is 10.3 Å². The maximum absolute atomic E-state index is 11.8. The number of hydrogen-bond donors (Lipinski definition) is 1. The number of carbonyl (C=O) groups excluding carboxylic acids is 2. The maximum atomic E-state index is 11.8. The van der Waals surface area contributed by atoms with Crippen molar-refractivity contribution in [3.8, 4) is 0 Å². The van der Waals surface area contributed by atoms with Gasteiger partial charge in [0.05, 0.1) is 11.1 Å². The second kappa shape index (κ2) is 5.02. The third-order valence-electron chi connectivity index (χ3n) is 4.13. The Labute approximate surface area is 123 Å². The molecule has 1 aliphatic carbocycles. The molecule has 0 unspecified atom stereocenters. The van der Waals surface area contributed by atoms with Crippen LogP contribution in [0.1, 0.15) is 41.9 Å². The molecular weight excluding hydrogens is 264 g/mol. The van der Waals surface area contributed by atoms with Crippen molar-refractivity contribution in [2.75, 3.05) is 0 Å². The van der Waals surface area contributed by atoms with E-state index in [0.717, 1.165) is 29.4 Å². The topological polar surface area (TPSA) is 65.1 Å². The molecule has 0 saturated heterocycles. The fraction of sp³-hybridized carbons (Fsp3) is 0.412. The Bertz CT molecular complexity index is 741. The van der Waals surface area contributed by atoms with Gasteiger partial charge in [-0.05, 0) is 24.0 Å². The first-order valence-electron chi connectivity index (χ1n) is 7.43. The van der Waals surface area contributed by atoms with Crippen LogP contribution in [-0.4, -0.2) is 16.3 Å². The number of fused-ring (bicyclic) bond motifs is 3. The molecule has 21 heavy (non-hydrogen) atoms. The summed E-state index contributed by atoms with van der Waals surface area (Å²) in [6.07, 6.45) is 1.82. The van der Waals surface area contributed by atoms with Crippen LogP contribution in [0.4, 0.5) is 0 Å². The molecule has 3 rings (SSSR count). The summed E-state index contributed by atoms with van der Waals surface area (Å²) >= 11 is 0. The Balaban J connectivity index is 2.35. The lowest BCUT2D eigenvalue weighted by Crippen LogP contribution is -2.18. The maximum Gasteiger partial charge on any atom is 0.250 e. The van der Waals surface area contributed by atoms with Gasteiger partial charge in [-0.2, -0.15) is 0 Å². The van der Waals surface area contributed by atoms with Gasteiger partial charge in [-0.15, -0.1) is 0 Å². The highest BCUT2D eigenvalue weighted by Gasteiger charge is 2.26. The quantitative estimate of drug-likeness (QED) is 0.941. The van der Waals surface area contributed by atoms with Crippen LogP contribution in [0.15, 0.2) is 18.2 Å². The average molecular weight is 284 g/mol. The molecule has 4 heteroatoms. The minimum absolute atomic E-state index is 0.274. The number of nitrogens with zero attached hydrogens (tertiary/aromatic N) is 1. The molecule has 2 N–H and O–H groups in total. The Morgan fingerprint density at radius 3 is 2.76 bits per heavy atom. The summed E-state index contributed by atoms with van der Waals surface area (Å²) in [6.45, 7) is 5.14. The summed E-state index contributed by atoms with van der Waals surface area (Å²) in [7, 11) is 0. The van der Waals surface area contributed by atoms with E-state index in [0.29, 0.717) is 24.3 Å². The standard InChI is InChI=1S/C17H20N2O2/c1-10(2)9-19-15-7-6-11(20)8-14(15)12-4-3-5-13(16(12)19)17(18)21/h3-5,10H,6-9H2,1-2H3,(H2,18,21). The van der Waals surface area contributed by atoms with Crippen molar-refractivity contribution in [1.29, 1.82) is 0 Å². The lowest BCUT2D eigenvalue weighted by Gasteiger charge is -2.17. The largest absolute Gasteiger partial charge is 0.366 e. The van der Waals surface area contributed by atoms with E-state index in [2.05, 4.69) is 18.4 Å². The molecule has 1 amide bonds. The highest BCUT2D eigenvalue weighted by molar-refractivity contribution is 6.07. The zero-order valence-electron chi connectivity index (χ0n) is 12.5. The van der Waals surface area contributed by atoms with Gasteiger partial charge in [0.25, 0.3) is 5.91 Å². The SMILES string of the molecule is CC(C)Cn1c2c(c3cccc(C(N)=O)c31)CC(=O)CC2. The van der Waals surface area contributed by atoms with Gasteiger partial charge in [0.15, 0.2) is 0 Å². The number of hydrogen-bond acceptors (Lipinski definition) is 2. The molecule has 110 valence electrons. The monoisotopic (exact) mass is 284 g/mol. The minimum Gasteiger partial charge on any atom is -0.366 e. The number of rotatable bonds is 3. The lowest BCUT2D eigenvalue weighted by atomic mass is 9.94. The van der Waals surface area contributed by atoms with E-state index in [1.165, 1.54) is 5.69 Å². The van der Waals surface area contributed by atoms with Gasteiger partial charge >= 0.3 is 0 Å². The first-order chi connectivity index (χ1) is 9.99. The number of benzene rings is 1. The van der Waals surface area contributed by atoms with Crippen molar-refractivity contribution < 1.29 is 9.59 Å². The third-order valence-corrected chi connectivity index (χ3v) is 4.13. The molecule has 0 saturated carbocycles. The number of amides is 1. The number of nitrogens with two attached hydrogens (primary N) is 1. The van der Waals surface area contributed by atoms with Gasteiger partial charge in [0, 0.05) is 30.5 Å². The highest BCUT2D eigenvalue weighted by atomic mass is 16.1. The summed E-state index contributed by atoms with van der Waals surface area (Å²) < 4.78 is 2.21.